The van der Waals surface area contributed by atoms with E-state index in [2.05, 4.69) is 0 Å². The van der Waals surface area contributed by atoms with E-state index in [1.54, 1.807) is 23.9 Å². The third-order valence-electron chi connectivity index (χ3n) is 2.13. The summed E-state index contributed by atoms with van der Waals surface area (Å²) < 4.78 is 4.74. The van der Waals surface area contributed by atoms with Crippen molar-refractivity contribution in [2.24, 2.45) is 0 Å². The largest absolute Gasteiger partial charge is 0.465 e. The first-order valence-electron chi connectivity index (χ1n) is 5.72. The maximum absolute atomic E-state index is 11.6. The summed E-state index contributed by atoms with van der Waals surface area (Å²) in [6.45, 7) is 5.93. The summed E-state index contributed by atoms with van der Waals surface area (Å²) in [5.41, 5.74) is 1.35. The van der Waals surface area contributed by atoms with Gasteiger partial charge in [0.05, 0.1) is 12.7 Å². The lowest BCUT2D eigenvalue weighted by Gasteiger charge is -2.09. The molecule has 1 aromatic carbocycles. The average molecular weight is 287 g/mol. The van der Waals surface area contributed by atoms with Crippen molar-refractivity contribution in [3.8, 4) is 0 Å². The summed E-state index contributed by atoms with van der Waals surface area (Å²) in [7, 11) is 1.36. The molecule has 0 spiro atoms. The van der Waals surface area contributed by atoms with E-state index in [-0.39, 0.29) is 5.97 Å². The third kappa shape index (κ3) is 4.39. The quantitative estimate of drug-likeness (QED) is 0.741. The predicted octanol–water partition coefficient (Wildman–Crippen LogP) is 4.88. The van der Waals surface area contributed by atoms with Crippen molar-refractivity contribution in [3.05, 3.63) is 40.4 Å². The van der Waals surface area contributed by atoms with Gasteiger partial charge in [-0.1, -0.05) is 37.6 Å². The van der Waals surface area contributed by atoms with Crippen molar-refractivity contribution < 1.29 is 9.53 Å². The second-order valence-corrected chi connectivity index (χ2v) is 4.32. The molecule has 0 aliphatic rings. The van der Waals surface area contributed by atoms with E-state index in [0.29, 0.717) is 10.6 Å². The Morgan fingerprint density at radius 3 is 2.39 bits per heavy atom. The predicted molar refractivity (Wildman–Crippen MR) is 81.3 cm³/mol. The molecule has 0 aromatic heterocycles. The standard InChI is InChI=1S/C12H13ClO2S.C2H6/c1-4-11(16-3)9-6-5-8(13)7-10(9)12(14)15-2;1-2/h4-7H,1-3H3;1-2H3/b11-4-;. The first-order valence-corrected chi connectivity index (χ1v) is 7.32. The van der Waals surface area contributed by atoms with Gasteiger partial charge in [-0.3, -0.25) is 0 Å². The number of allylic oxidation sites excluding steroid dienone is 1. The molecular formula is C14H19ClO2S. The van der Waals surface area contributed by atoms with Gasteiger partial charge in [-0.25, -0.2) is 4.79 Å². The van der Waals surface area contributed by atoms with Crippen LogP contribution in [0.15, 0.2) is 24.3 Å². The number of halogens is 1. The molecule has 0 aliphatic heterocycles. The van der Waals surface area contributed by atoms with Crippen LogP contribution in [0.3, 0.4) is 0 Å². The van der Waals surface area contributed by atoms with E-state index in [1.165, 1.54) is 7.11 Å². The highest BCUT2D eigenvalue weighted by atomic mass is 35.5. The lowest BCUT2D eigenvalue weighted by molar-refractivity contribution is 0.0600. The first kappa shape index (κ1) is 17.1. The summed E-state index contributed by atoms with van der Waals surface area (Å²) in [5, 5.41) is 0.528. The van der Waals surface area contributed by atoms with E-state index in [0.717, 1.165) is 10.5 Å². The van der Waals surface area contributed by atoms with Crippen molar-refractivity contribution in [2.45, 2.75) is 20.8 Å². The van der Waals surface area contributed by atoms with Gasteiger partial charge >= 0.3 is 5.97 Å². The Bertz CT molecular complexity index is 428. The van der Waals surface area contributed by atoms with Gasteiger partial charge in [0.25, 0.3) is 0 Å². The van der Waals surface area contributed by atoms with Crippen LogP contribution in [0.2, 0.25) is 5.02 Å². The van der Waals surface area contributed by atoms with Crippen LogP contribution < -0.4 is 0 Å². The van der Waals surface area contributed by atoms with Crippen molar-refractivity contribution in [1.29, 1.82) is 0 Å². The number of esters is 1. The molecule has 4 heteroatoms. The Kier molecular flexibility index (Phi) is 8.59. The van der Waals surface area contributed by atoms with Gasteiger partial charge in [0, 0.05) is 15.5 Å². The molecule has 0 saturated heterocycles. The average Bonchev–Trinajstić information content (AvgIpc) is 2.43. The van der Waals surface area contributed by atoms with Gasteiger partial charge in [0.2, 0.25) is 0 Å². The molecule has 1 aromatic rings. The lowest BCUT2D eigenvalue weighted by atomic mass is 10.1. The van der Waals surface area contributed by atoms with Crippen LogP contribution in [0.25, 0.3) is 4.91 Å². The van der Waals surface area contributed by atoms with E-state index in [4.69, 9.17) is 16.3 Å². The van der Waals surface area contributed by atoms with E-state index < -0.39 is 0 Å². The molecule has 100 valence electrons. The molecule has 0 radical (unpaired) electrons. The normalized spacial score (nSPS) is 10.4. The van der Waals surface area contributed by atoms with E-state index >= 15 is 0 Å². The fourth-order valence-electron chi connectivity index (χ4n) is 1.39. The molecule has 0 aliphatic carbocycles. The Morgan fingerprint density at radius 2 is 1.94 bits per heavy atom. The lowest BCUT2D eigenvalue weighted by Crippen LogP contribution is -2.04. The summed E-state index contributed by atoms with van der Waals surface area (Å²) in [5.74, 6) is -0.370. The zero-order valence-electron chi connectivity index (χ0n) is 11.4. The van der Waals surface area contributed by atoms with Crippen molar-refractivity contribution in [3.63, 3.8) is 0 Å². The fraction of sp³-hybridized carbons (Fsp3) is 0.357. The van der Waals surface area contributed by atoms with Gasteiger partial charge in [-0.05, 0) is 25.3 Å². The highest BCUT2D eigenvalue weighted by molar-refractivity contribution is 8.07. The van der Waals surface area contributed by atoms with Crippen LogP contribution in [0.4, 0.5) is 0 Å². The molecule has 0 N–H and O–H groups in total. The molecule has 0 amide bonds. The third-order valence-corrected chi connectivity index (χ3v) is 3.27. The molecule has 0 bridgehead atoms. The monoisotopic (exact) mass is 286 g/mol. The second-order valence-electron chi connectivity index (χ2n) is 3.04. The van der Waals surface area contributed by atoms with Crippen LogP contribution in [-0.4, -0.2) is 19.3 Å². The minimum Gasteiger partial charge on any atom is -0.465 e. The molecule has 18 heavy (non-hydrogen) atoms. The maximum atomic E-state index is 11.6. The number of rotatable bonds is 3. The van der Waals surface area contributed by atoms with Crippen LogP contribution in [0.1, 0.15) is 36.7 Å². The Labute approximate surface area is 118 Å². The summed E-state index contributed by atoms with van der Waals surface area (Å²) in [6, 6.07) is 5.23. The molecule has 2 nitrogen and oxygen atoms in total. The molecule has 1 rings (SSSR count). The number of hydrogen-bond acceptors (Lipinski definition) is 3. The first-order chi connectivity index (χ1) is 8.63. The Morgan fingerprint density at radius 1 is 1.33 bits per heavy atom. The van der Waals surface area contributed by atoms with Gasteiger partial charge in [0.15, 0.2) is 0 Å². The molecule has 0 unspecified atom stereocenters. The van der Waals surface area contributed by atoms with Gasteiger partial charge < -0.3 is 4.74 Å². The fourth-order valence-corrected chi connectivity index (χ4v) is 2.20. The van der Waals surface area contributed by atoms with E-state index in [1.807, 2.05) is 39.2 Å². The highest BCUT2D eigenvalue weighted by Gasteiger charge is 2.14. The minimum atomic E-state index is -0.370. The number of ether oxygens (including phenoxy) is 1. The number of methoxy groups -OCH3 is 1. The van der Waals surface area contributed by atoms with Crippen molar-refractivity contribution in [2.75, 3.05) is 13.4 Å². The highest BCUT2D eigenvalue weighted by Crippen LogP contribution is 2.30. The van der Waals surface area contributed by atoms with Gasteiger partial charge in [-0.15, -0.1) is 11.8 Å². The molecule has 0 heterocycles. The molecule has 0 atom stereocenters. The van der Waals surface area contributed by atoms with Gasteiger partial charge in [0.1, 0.15) is 0 Å². The summed E-state index contributed by atoms with van der Waals surface area (Å²) in [6.07, 6.45) is 3.92. The Hall–Kier alpha value is -0.930. The smallest absolute Gasteiger partial charge is 0.338 e. The van der Waals surface area contributed by atoms with Gasteiger partial charge in [-0.2, -0.15) is 0 Å². The molecular weight excluding hydrogens is 268 g/mol. The minimum absolute atomic E-state index is 0.370. The number of hydrogen-bond donors (Lipinski definition) is 0. The van der Waals surface area contributed by atoms with Crippen molar-refractivity contribution in [1.82, 2.24) is 0 Å². The van der Waals surface area contributed by atoms with Crippen LogP contribution in [0.5, 0.6) is 0 Å². The number of carbonyl (C=O) groups is 1. The van der Waals surface area contributed by atoms with Crippen LogP contribution >= 0.6 is 23.4 Å². The summed E-state index contributed by atoms with van der Waals surface area (Å²) in [4.78, 5) is 12.6. The zero-order valence-corrected chi connectivity index (χ0v) is 13.0. The maximum Gasteiger partial charge on any atom is 0.338 e. The van der Waals surface area contributed by atoms with Crippen LogP contribution in [-0.2, 0) is 4.74 Å². The number of benzene rings is 1. The second kappa shape index (κ2) is 9.06. The van der Waals surface area contributed by atoms with Crippen LogP contribution in [0, 0.1) is 0 Å². The Balaban J connectivity index is 0.00000137. The summed E-state index contributed by atoms with van der Waals surface area (Å²) >= 11 is 7.46. The molecule has 0 fully saturated rings. The van der Waals surface area contributed by atoms with Crippen molar-refractivity contribution >= 4 is 34.2 Å². The topological polar surface area (TPSA) is 26.3 Å². The SMILES string of the molecule is C/C=C(\SC)c1ccc(Cl)cc1C(=O)OC.CC. The zero-order chi connectivity index (χ0) is 14.1. The molecule has 0 saturated carbocycles. The van der Waals surface area contributed by atoms with E-state index in [9.17, 15) is 4.79 Å². The number of carbonyl (C=O) groups excluding carboxylic acids is 1. The number of thioether (sulfide) groups is 1.